The highest BCUT2D eigenvalue weighted by molar-refractivity contribution is 5.66. The molecule has 4 rings (SSSR count). The monoisotopic (exact) mass is 486 g/mol. The summed E-state index contributed by atoms with van der Waals surface area (Å²) in [6.07, 6.45) is 22.7. The van der Waals surface area contributed by atoms with Gasteiger partial charge in [0.15, 0.2) is 0 Å². The van der Waals surface area contributed by atoms with Crippen LogP contribution < -0.4 is 0 Å². The van der Waals surface area contributed by atoms with E-state index in [4.69, 9.17) is 0 Å². The zero-order valence-corrected chi connectivity index (χ0v) is 24.1. The van der Waals surface area contributed by atoms with Gasteiger partial charge in [-0.25, -0.2) is 0 Å². The maximum atomic E-state index is 2.44. The smallest absolute Gasteiger partial charge is 0.0181 e. The molecule has 2 aliphatic rings. The number of aryl methyl sites for hydroxylation is 4. The first-order valence-electron chi connectivity index (χ1n) is 15.7. The van der Waals surface area contributed by atoms with Crippen molar-refractivity contribution in [1.82, 2.24) is 0 Å². The summed E-state index contributed by atoms with van der Waals surface area (Å²) in [5.41, 5.74) is 8.87. The van der Waals surface area contributed by atoms with E-state index in [0.717, 1.165) is 23.7 Å². The van der Waals surface area contributed by atoms with Crippen LogP contribution in [0.25, 0.3) is 11.1 Å². The summed E-state index contributed by atoms with van der Waals surface area (Å²) in [6.45, 7) is 9.34. The van der Waals surface area contributed by atoms with Gasteiger partial charge in [-0.05, 0) is 96.6 Å². The molecule has 0 atom stereocenters. The Morgan fingerprint density at radius 3 is 1.14 bits per heavy atom. The average Bonchev–Trinajstić information content (AvgIpc) is 2.89. The van der Waals surface area contributed by atoms with Crippen LogP contribution in [0.5, 0.6) is 0 Å². The molecule has 2 aliphatic carbocycles. The standard InChI is InChI=1S/C36H54/c1-5-7-29-9-13-31(14-10-29)17-19-33-21-23-35(25-27(33)3)36-24-22-34(28(4)26-36)20-18-32-15-11-30(8-6-2)12-16-32/h21-26,29-32H,5-20H2,1-4H3. The van der Waals surface area contributed by atoms with Crippen LogP contribution in [0.3, 0.4) is 0 Å². The van der Waals surface area contributed by atoms with Crippen molar-refractivity contribution in [2.24, 2.45) is 23.7 Å². The van der Waals surface area contributed by atoms with E-state index in [1.165, 1.54) is 125 Å². The fraction of sp³-hybridized carbons (Fsp3) is 0.667. The van der Waals surface area contributed by atoms with E-state index in [-0.39, 0.29) is 0 Å². The van der Waals surface area contributed by atoms with Crippen molar-refractivity contribution in [2.75, 3.05) is 0 Å². The molecule has 2 aromatic carbocycles. The van der Waals surface area contributed by atoms with E-state index in [0.29, 0.717) is 0 Å². The van der Waals surface area contributed by atoms with Crippen LogP contribution in [0.4, 0.5) is 0 Å². The highest BCUT2D eigenvalue weighted by Crippen LogP contribution is 2.36. The Kier molecular flexibility index (Phi) is 10.6. The van der Waals surface area contributed by atoms with Gasteiger partial charge >= 0.3 is 0 Å². The van der Waals surface area contributed by atoms with Crippen molar-refractivity contribution in [3.05, 3.63) is 58.7 Å². The van der Waals surface area contributed by atoms with Crippen molar-refractivity contribution in [1.29, 1.82) is 0 Å². The third-order valence-corrected chi connectivity index (χ3v) is 9.99. The molecule has 198 valence electrons. The third-order valence-electron chi connectivity index (χ3n) is 9.99. The van der Waals surface area contributed by atoms with Gasteiger partial charge in [0.1, 0.15) is 0 Å². The topological polar surface area (TPSA) is 0 Å². The van der Waals surface area contributed by atoms with E-state index in [9.17, 15) is 0 Å². The van der Waals surface area contributed by atoms with Gasteiger partial charge in [-0.3, -0.25) is 0 Å². The summed E-state index contributed by atoms with van der Waals surface area (Å²) in [5, 5.41) is 0. The van der Waals surface area contributed by atoms with Crippen LogP contribution in [-0.2, 0) is 12.8 Å². The van der Waals surface area contributed by atoms with E-state index < -0.39 is 0 Å². The van der Waals surface area contributed by atoms with Crippen LogP contribution in [0.2, 0.25) is 0 Å². The maximum Gasteiger partial charge on any atom is -0.0181 e. The summed E-state index contributed by atoms with van der Waals surface area (Å²) in [7, 11) is 0. The molecule has 0 heterocycles. The maximum absolute atomic E-state index is 2.44. The van der Waals surface area contributed by atoms with Crippen molar-refractivity contribution in [3.63, 3.8) is 0 Å². The molecular formula is C36H54. The molecule has 36 heavy (non-hydrogen) atoms. The van der Waals surface area contributed by atoms with Crippen molar-refractivity contribution >= 4 is 0 Å². The summed E-state index contributed by atoms with van der Waals surface area (Å²) in [4.78, 5) is 0. The molecule has 0 unspecified atom stereocenters. The average molecular weight is 487 g/mol. The number of benzene rings is 2. The van der Waals surface area contributed by atoms with E-state index >= 15 is 0 Å². The molecule has 0 aromatic heterocycles. The molecule has 0 saturated heterocycles. The zero-order chi connectivity index (χ0) is 25.3. The van der Waals surface area contributed by atoms with Gasteiger partial charge in [0.2, 0.25) is 0 Å². The van der Waals surface area contributed by atoms with Crippen LogP contribution in [0.1, 0.15) is 126 Å². The van der Waals surface area contributed by atoms with Crippen LogP contribution in [0.15, 0.2) is 36.4 Å². The van der Waals surface area contributed by atoms with Crippen molar-refractivity contribution < 1.29 is 0 Å². The highest BCUT2D eigenvalue weighted by atomic mass is 14.3. The molecule has 0 nitrogen and oxygen atoms in total. The predicted molar refractivity (Wildman–Crippen MR) is 159 cm³/mol. The third kappa shape index (κ3) is 7.72. The molecule has 0 amide bonds. The Bertz CT molecular complexity index is 844. The molecule has 0 aliphatic heterocycles. The van der Waals surface area contributed by atoms with Crippen molar-refractivity contribution in [3.8, 4) is 11.1 Å². The summed E-state index contributed by atoms with van der Waals surface area (Å²) >= 11 is 0. The molecule has 0 N–H and O–H groups in total. The molecule has 2 fully saturated rings. The number of hydrogen-bond acceptors (Lipinski definition) is 0. The minimum atomic E-state index is 0.957. The largest absolute Gasteiger partial charge is 0.0654 e. The predicted octanol–water partition coefficient (Wildman–Crippen LogP) is 11.0. The first-order chi connectivity index (χ1) is 17.6. The van der Waals surface area contributed by atoms with Gasteiger partial charge in [0.05, 0.1) is 0 Å². The highest BCUT2D eigenvalue weighted by Gasteiger charge is 2.21. The van der Waals surface area contributed by atoms with Gasteiger partial charge in [-0.2, -0.15) is 0 Å². The van der Waals surface area contributed by atoms with E-state index in [1.807, 2.05) is 0 Å². The Hall–Kier alpha value is -1.56. The first-order valence-corrected chi connectivity index (χ1v) is 15.7. The minimum absolute atomic E-state index is 0.957. The lowest BCUT2D eigenvalue weighted by Crippen LogP contribution is -2.15. The SMILES string of the molecule is CCCC1CCC(CCc2ccc(-c3ccc(CCC4CCC(CCC)CC4)c(C)c3)cc2C)CC1. The Labute approximate surface area is 223 Å². The van der Waals surface area contributed by atoms with E-state index in [1.54, 1.807) is 11.1 Å². The van der Waals surface area contributed by atoms with Gasteiger partial charge in [0.25, 0.3) is 0 Å². The minimum Gasteiger partial charge on any atom is -0.0654 e. The lowest BCUT2D eigenvalue weighted by atomic mass is 9.78. The molecule has 2 saturated carbocycles. The van der Waals surface area contributed by atoms with Gasteiger partial charge < -0.3 is 0 Å². The molecule has 0 radical (unpaired) electrons. The second-order valence-corrected chi connectivity index (χ2v) is 12.7. The molecule has 0 bridgehead atoms. The first kappa shape index (κ1) is 27.5. The second-order valence-electron chi connectivity index (χ2n) is 12.7. The second kappa shape index (κ2) is 13.8. The lowest BCUT2D eigenvalue weighted by molar-refractivity contribution is 0.252. The lowest BCUT2D eigenvalue weighted by Gasteiger charge is -2.28. The number of hydrogen-bond donors (Lipinski definition) is 0. The van der Waals surface area contributed by atoms with Crippen LogP contribution in [0, 0.1) is 37.5 Å². The summed E-state index contributed by atoms with van der Waals surface area (Å²) in [6, 6.07) is 14.5. The van der Waals surface area contributed by atoms with Gasteiger partial charge in [-0.15, -0.1) is 0 Å². The molecule has 0 spiro atoms. The summed E-state index contributed by atoms with van der Waals surface area (Å²) in [5.74, 6) is 3.96. The Morgan fingerprint density at radius 2 is 0.833 bits per heavy atom. The molecule has 2 aromatic rings. The van der Waals surface area contributed by atoms with Crippen LogP contribution in [-0.4, -0.2) is 0 Å². The van der Waals surface area contributed by atoms with Gasteiger partial charge in [-0.1, -0.05) is 127 Å². The molecule has 0 heteroatoms. The Morgan fingerprint density at radius 1 is 0.500 bits per heavy atom. The zero-order valence-electron chi connectivity index (χ0n) is 24.1. The normalized spacial score (nSPS) is 24.7. The van der Waals surface area contributed by atoms with Crippen molar-refractivity contribution in [2.45, 2.75) is 130 Å². The van der Waals surface area contributed by atoms with Gasteiger partial charge in [0, 0.05) is 0 Å². The fourth-order valence-electron chi connectivity index (χ4n) is 7.47. The quantitative estimate of drug-likeness (QED) is 0.296. The van der Waals surface area contributed by atoms with E-state index in [2.05, 4.69) is 64.1 Å². The summed E-state index contributed by atoms with van der Waals surface area (Å²) < 4.78 is 0. The molecular weight excluding hydrogens is 432 g/mol. The number of rotatable bonds is 11. The fourth-order valence-corrected chi connectivity index (χ4v) is 7.47. The Balaban J connectivity index is 1.27. The van der Waals surface area contributed by atoms with Crippen LogP contribution >= 0.6 is 0 Å².